The lowest BCUT2D eigenvalue weighted by molar-refractivity contribution is -0.989. The van der Waals surface area contributed by atoms with Gasteiger partial charge in [0.2, 0.25) is 0 Å². The molecule has 4 saturated heterocycles. The van der Waals surface area contributed by atoms with E-state index in [0.717, 1.165) is 5.33 Å². The number of halogens is 1. The minimum Gasteiger partial charge on any atom is -0.301 e. The van der Waals surface area contributed by atoms with Crippen molar-refractivity contribution in [3.63, 3.8) is 0 Å². The van der Waals surface area contributed by atoms with Crippen molar-refractivity contribution < 1.29 is 4.48 Å². The van der Waals surface area contributed by atoms with Gasteiger partial charge in [0.05, 0.1) is 13.1 Å². The van der Waals surface area contributed by atoms with E-state index >= 15 is 0 Å². The molecule has 0 saturated carbocycles. The molecule has 0 spiro atoms. The molecule has 3 unspecified atom stereocenters. The van der Waals surface area contributed by atoms with Gasteiger partial charge in [-0.3, -0.25) is 14.7 Å². The average Bonchev–Trinajstić information content (AvgIpc) is 2.67. The SMILES string of the molecule is BrCc1ccc(C[N+]23CCCN4CCN5CCCN(CC2)C5C43)cc1. The molecule has 4 aliphatic heterocycles. The first kappa shape index (κ1) is 16.7. The van der Waals surface area contributed by atoms with E-state index in [4.69, 9.17) is 0 Å². The highest BCUT2D eigenvalue weighted by Crippen LogP contribution is 2.39. The maximum atomic E-state index is 3.57. The van der Waals surface area contributed by atoms with Crippen LogP contribution in [0.15, 0.2) is 24.3 Å². The normalized spacial score (nSPS) is 36.2. The average molecular weight is 406 g/mol. The molecule has 5 rings (SSSR count). The molecule has 0 N–H and O–H groups in total. The Kier molecular flexibility index (Phi) is 4.41. The first-order valence-electron chi connectivity index (χ1n) is 10.0. The molecule has 4 nitrogen and oxygen atoms in total. The standard InChI is InChI=1S/C20H30BrN4/c21-15-17-3-5-18(6-4-17)16-25-13-2-9-24-11-10-22-7-1-8-23(12-14-25)19(22)20(24)25/h3-6,19-20H,1-2,7-16H2/q+1. The van der Waals surface area contributed by atoms with Gasteiger partial charge in [-0.05, 0) is 12.0 Å². The minimum atomic E-state index is 0.665. The van der Waals surface area contributed by atoms with Gasteiger partial charge in [-0.15, -0.1) is 0 Å². The third kappa shape index (κ3) is 2.79. The van der Waals surface area contributed by atoms with Gasteiger partial charge in [-0.2, -0.15) is 0 Å². The van der Waals surface area contributed by atoms with Crippen LogP contribution in [0.5, 0.6) is 0 Å². The number of rotatable bonds is 3. The van der Waals surface area contributed by atoms with Crippen LogP contribution in [0.4, 0.5) is 0 Å². The maximum Gasteiger partial charge on any atom is 0.175 e. The molecule has 0 aliphatic carbocycles. The Morgan fingerprint density at radius 1 is 0.800 bits per heavy atom. The first-order chi connectivity index (χ1) is 12.3. The maximum absolute atomic E-state index is 3.57. The van der Waals surface area contributed by atoms with E-state index in [9.17, 15) is 0 Å². The van der Waals surface area contributed by atoms with Gasteiger partial charge in [0.15, 0.2) is 6.17 Å². The first-order valence-corrected chi connectivity index (χ1v) is 11.1. The van der Waals surface area contributed by atoms with Gasteiger partial charge in [-0.1, -0.05) is 40.2 Å². The van der Waals surface area contributed by atoms with E-state index in [0.29, 0.717) is 12.3 Å². The second-order valence-corrected chi connectivity index (χ2v) is 8.98. The molecule has 0 amide bonds. The van der Waals surface area contributed by atoms with E-state index in [1.54, 1.807) is 0 Å². The molecule has 4 fully saturated rings. The Bertz CT molecular complexity index is 615. The fourth-order valence-electron chi connectivity index (χ4n) is 5.93. The number of hydrogen-bond donors (Lipinski definition) is 0. The Hall–Kier alpha value is -0.460. The van der Waals surface area contributed by atoms with Gasteiger partial charge in [0, 0.05) is 56.6 Å². The van der Waals surface area contributed by atoms with Crippen LogP contribution in [-0.2, 0) is 11.9 Å². The molecule has 136 valence electrons. The van der Waals surface area contributed by atoms with Crippen molar-refractivity contribution in [3.05, 3.63) is 35.4 Å². The molecule has 4 heterocycles. The Labute approximate surface area is 160 Å². The van der Waals surface area contributed by atoms with Crippen LogP contribution < -0.4 is 0 Å². The number of alkyl halides is 1. The summed E-state index contributed by atoms with van der Waals surface area (Å²) in [5.41, 5.74) is 2.90. The van der Waals surface area contributed by atoms with Crippen LogP contribution >= 0.6 is 15.9 Å². The van der Waals surface area contributed by atoms with E-state index < -0.39 is 0 Å². The number of hydrogen-bond acceptors (Lipinski definition) is 3. The predicted octanol–water partition coefficient (Wildman–Crippen LogP) is 2.29. The van der Waals surface area contributed by atoms with Gasteiger partial charge in [-0.25, -0.2) is 0 Å². The molecule has 1 aromatic carbocycles. The van der Waals surface area contributed by atoms with E-state index in [2.05, 4.69) is 54.9 Å². The summed E-state index contributed by atoms with van der Waals surface area (Å²) < 4.78 is 1.30. The van der Waals surface area contributed by atoms with Crippen LogP contribution in [0.25, 0.3) is 0 Å². The Morgan fingerprint density at radius 3 is 2.28 bits per heavy atom. The molecular weight excluding hydrogens is 376 g/mol. The predicted molar refractivity (Wildman–Crippen MR) is 104 cm³/mol. The minimum absolute atomic E-state index is 0.665. The summed E-state index contributed by atoms with van der Waals surface area (Å²) in [6.45, 7) is 11.7. The lowest BCUT2D eigenvalue weighted by Crippen LogP contribution is -2.82. The lowest BCUT2D eigenvalue weighted by atomic mass is 9.96. The van der Waals surface area contributed by atoms with Gasteiger partial charge >= 0.3 is 0 Å². The van der Waals surface area contributed by atoms with Crippen molar-refractivity contribution in [2.45, 2.75) is 37.0 Å². The fraction of sp³-hybridized carbons (Fsp3) is 0.700. The fourth-order valence-corrected chi connectivity index (χ4v) is 6.30. The number of piperazine rings is 2. The molecule has 1 aromatic rings. The van der Waals surface area contributed by atoms with Crippen LogP contribution in [0.2, 0.25) is 0 Å². The summed E-state index contributed by atoms with van der Waals surface area (Å²) in [6.07, 6.45) is 4.07. The summed E-state index contributed by atoms with van der Waals surface area (Å²) in [5, 5.41) is 0.954. The second kappa shape index (κ2) is 6.61. The highest BCUT2D eigenvalue weighted by molar-refractivity contribution is 9.08. The Morgan fingerprint density at radius 2 is 1.48 bits per heavy atom. The van der Waals surface area contributed by atoms with E-state index in [-0.39, 0.29) is 0 Å². The van der Waals surface area contributed by atoms with Crippen molar-refractivity contribution in [1.29, 1.82) is 0 Å². The molecule has 25 heavy (non-hydrogen) atoms. The summed E-state index contributed by atoms with van der Waals surface area (Å²) in [6, 6.07) is 9.34. The molecule has 0 bridgehead atoms. The Balaban J connectivity index is 1.47. The lowest BCUT2D eigenvalue weighted by Gasteiger charge is -2.65. The molecule has 4 aliphatic rings. The van der Waals surface area contributed by atoms with Gasteiger partial charge in [0.1, 0.15) is 12.7 Å². The zero-order valence-electron chi connectivity index (χ0n) is 15.1. The van der Waals surface area contributed by atoms with Gasteiger partial charge in [0.25, 0.3) is 0 Å². The third-order valence-electron chi connectivity index (χ3n) is 7.07. The molecule has 0 radical (unpaired) electrons. The molecule has 3 atom stereocenters. The smallest absolute Gasteiger partial charge is 0.175 e. The highest BCUT2D eigenvalue weighted by atomic mass is 79.9. The van der Waals surface area contributed by atoms with Crippen molar-refractivity contribution in [3.8, 4) is 0 Å². The topological polar surface area (TPSA) is 9.72 Å². The summed E-state index contributed by atoms with van der Waals surface area (Å²) in [4.78, 5) is 8.45. The summed E-state index contributed by atoms with van der Waals surface area (Å²) in [5.74, 6) is 0. The molecule has 5 heteroatoms. The van der Waals surface area contributed by atoms with Gasteiger partial charge < -0.3 is 4.48 Å². The summed E-state index contributed by atoms with van der Waals surface area (Å²) >= 11 is 3.57. The van der Waals surface area contributed by atoms with Crippen LogP contribution in [0.3, 0.4) is 0 Å². The van der Waals surface area contributed by atoms with Crippen molar-refractivity contribution in [1.82, 2.24) is 14.7 Å². The van der Waals surface area contributed by atoms with Crippen LogP contribution in [0, 0.1) is 0 Å². The zero-order chi connectivity index (χ0) is 16.9. The van der Waals surface area contributed by atoms with Crippen molar-refractivity contribution in [2.24, 2.45) is 0 Å². The summed E-state index contributed by atoms with van der Waals surface area (Å²) in [7, 11) is 0. The monoisotopic (exact) mass is 405 g/mol. The van der Waals surface area contributed by atoms with Crippen LogP contribution in [0.1, 0.15) is 24.0 Å². The largest absolute Gasteiger partial charge is 0.301 e. The van der Waals surface area contributed by atoms with Crippen molar-refractivity contribution in [2.75, 3.05) is 52.4 Å². The van der Waals surface area contributed by atoms with E-state index in [1.165, 1.54) is 87.4 Å². The number of benzene rings is 1. The third-order valence-corrected chi connectivity index (χ3v) is 7.72. The quantitative estimate of drug-likeness (QED) is 0.564. The molecule has 0 aromatic heterocycles. The second-order valence-electron chi connectivity index (χ2n) is 8.42. The number of quaternary nitrogens is 1. The number of nitrogens with zero attached hydrogens (tertiary/aromatic N) is 4. The van der Waals surface area contributed by atoms with Crippen LogP contribution in [-0.4, -0.2) is 83.9 Å². The molecular formula is C20H30BrN4+. The van der Waals surface area contributed by atoms with Crippen molar-refractivity contribution >= 4 is 15.9 Å². The van der Waals surface area contributed by atoms with E-state index in [1.807, 2.05) is 0 Å². The highest BCUT2D eigenvalue weighted by Gasteiger charge is 2.57. The zero-order valence-corrected chi connectivity index (χ0v) is 16.7.